The minimum Gasteiger partial charge on any atom is -0.495 e. The second-order valence-corrected chi connectivity index (χ2v) is 6.82. The van der Waals surface area contributed by atoms with Crippen LogP contribution in [0.25, 0.3) is 11.0 Å². The quantitative estimate of drug-likeness (QED) is 0.355. The van der Waals surface area contributed by atoms with E-state index in [2.05, 4.69) is 43.0 Å². The largest absolute Gasteiger partial charge is 0.495 e. The van der Waals surface area contributed by atoms with E-state index in [4.69, 9.17) is 13.9 Å². The molecule has 0 aliphatic carbocycles. The molecule has 4 aromatic rings. The van der Waals surface area contributed by atoms with Crippen molar-refractivity contribution in [3.05, 3.63) is 71.8 Å². The number of methoxy groups -OCH3 is 1. The summed E-state index contributed by atoms with van der Waals surface area (Å²) in [4.78, 5) is 2.07. The Bertz CT molecular complexity index is 1180. The Labute approximate surface area is 157 Å². The molecule has 0 unspecified atom stereocenters. The molecule has 0 N–H and O–H groups in total. The van der Waals surface area contributed by atoms with Crippen molar-refractivity contribution in [3.63, 3.8) is 0 Å². The number of anilines is 3. The van der Waals surface area contributed by atoms with Gasteiger partial charge in [0.15, 0.2) is 11.5 Å². The minimum atomic E-state index is 0.663. The minimum absolute atomic E-state index is 0.663. The summed E-state index contributed by atoms with van der Waals surface area (Å²) < 4.78 is 18.2. The number of aryl methyl sites for hydroxylation is 2. The van der Waals surface area contributed by atoms with Crippen LogP contribution in [0.5, 0.6) is 17.2 Å². The zero-order chi connectivity index (χ0) is 18.5. The number of hydrogen-bond acceptors (Lipinski definition) is 4. The molecule has 0 spiro atoms. The third-order valence-electron chi connectivity index (χ3n) is 4.88. The predicted octanol–water partition coefficient (Wildman–Crippen LogP) is 6.63. The van der Waals surface area contributed by atoms with E-state index in [1.54, 1.807) is 7.11 Å². The summed E-state index contributed by atoms with van der Waals surface area (Å²) in [5.74, 6) is 2.97. The van der Waals surface area contributed by atoms with Gasteiger partial charge in [-0.3, -0.25) is 4.90 Å². The number of ether oxygens (including phenoxy) is 2. The molecule has 0 amide bonds. The van der Waals surface area contributed by atoms with Crippen LogP contribution in [-0.4, -0.2) is 7.11 Å². The SMILES string of the molecule is COc1ccccc1N1c2ccc(C)cc2Oc2c1oc1ccc(C)cc21. The van der Waals surface area contributed by atoms with Crippen LogP contribution in [-0.2, 0) is 0 Å². The Morgan fingerprint density at radius 1 is 0.852 bits per heavy atom. The summed E-state index contributed by atoms with van der Waals surface area (Å²) in [5, 5.41) is 0.969. The Kier molecular flexibility index (Phi) is 3.41. The van der Waals surface area contributed by atoms with Crippen LogP contribution in [0.2, 0.25) is 0 Å². The van der Waals surface area contributed by atoms with Crippen LogP contribution in [0.1, 0.15) is 11.1 Å². The number of para-hydroxylation sites is 2. The molecule has 134 valence electrons. The van der Waals surface area contributed by atoms with Crippen LogP contribution in [0.3, 0.4) is 0 Å². The Hall–Kier alpha value is -3.40. The molecule has 4 heteroatoms. The molecule has 2 heterocycles. The van der Waals surface area contributed by atoms with Crippen molar-refractivity contribution >= 4 is 28.2 Å². The van der Waals surface area contributed by atoms with Crippen LogP contribution in [0, 0.1) is 13.8 Å². The first-order valence-electron chi connectivity index (χ1n) is 8.90. The van der Waals surface area contributed by atoms with Gasteiger partial charge in [-0.15, -0.1) is 0 Å². The summed E-state index contributed by atoms with van der Waals surface area (Å²) in [6.07, 6.45) is 0. The Morgan fingerprint density at radius 3 is 2.48 bits per heavy atom. The normalized spacial score (nSPS) is 12.5. The first kappa shape index (κ1) is 15.8. The van der Waals surface area contributed by atoms with E-state index >= 15 is 0 Å². The summed E-state index contributed by atoms with van der Waals surface area (Å²) >= 11 is 0. The molecule has 1 aromatic heterocycles. The molecular weight excluding hydrogens is 338 g/mol. The highest BCUT2D eigenvalue weighted by Gasteiger charge is 2.33. The second kappa shape index (κ2) is 5.81. The van der Waals surface area contributed by atoms with Gasteiger partial charge >= 0.3 is 0 Å². The van der Waals surface area contributed by atoms with Crippen molar-refractivity contribution in [1.82, 2.24) is 0 Å². The van der Waals surface area contributed by atoms with Gasteiger partial charge in [0.25, 0.3) is 0 Å². The molecule has 0 radical (unpaired) electrons. The van der Waals surface area contributed by atoms with E-state index < -0.39 is 0 Å². The van der Waals surface area contributed by atoms with Crippen LogP contribution < -0.4 is 14.4 Å². The van der Waals surface area contributed by atoms with Gasteiger partial charge in [-0.2, -0.15) is 0 Å². The standard InChI is InChI=1S/C23H19NO3/c1-14-9-11-19-16(12-14)22-23(27-19)24(17-6-4-5-7-20(17)25-3)18-10-8-15(2)13-21(18)26-22/h4-13H,1-3H3. The third-order valence-corrected chi connectivity index (χ3v) is 4.88. The first-order valence-corrected chi connectivity index (χ1v) is 8.90. The molecule has 1 aliphatic rings. The summed E-state index contributed by atoms with van der Waals surface area (Å²) in [5.41, 5.74) is 4.93. The van der Waals surface area contributed by atoms with E-state index in [0.29, 0.717) is 5.88 Å². The van der Waals surface area contributed by atoms with Gasteiger partial charge in [0.05, 0.1) is 23.9 Å². The summed E-state index contributed by atoms with van der Waals surface area (Å²) in [6, 6.07) is 20.2. The number of fused-ring (bicyclic) bond motifs is 4. The smallest absolute Gasteiger partial charge is 0.249 e. The van der Waals surface area contributed by atoms with Gasteiger partial charge in [-0.25, -0.2) is 0 Å². The summed E-state index contributed by atoms with van der Waals surface area (Å²) in [7, 11) is 1.68. The van der Waals surface area contributed by atoms with Crippen molar-refractivity contribution in [1.29, 1.82) is 0 Å². The molecule has 0 saturated carbocycles. The van der Waals surface area contributed by atoms with E-state index in [1.165, 1.54) is 0 Å². The lowest BCUT2D eigenvalue weighted by Gasteiger charge is -2.30. The van der Waals surface area contributed by atoms with Crippen LogP contribution in [0.15, 0.2) is 65.1 Å². The Morgan fingerprint density at radius 2 is 1.63 bits per heavy atom. The number of benzene rings is 3. The van der Waals surface area contributed by atoms with Gasteiger partial charge in [0, 0.05) is 0 Å². The number of furan rings is 1. The third kappa shape index (κ3) is 2.37. The topological polar surface area (TPSA) is 34.8 Å². The number of hydrogen-bond donors (Lipinski definition) is 0. The average molecular weight is 357 g/mol. The number of nitrogens with zero attached hydrogens (tertiary/aromatic N) is 1. The molecule has 0 bridgehead atoms. The molecule has 0 fully saturated rings. The lowest BCUT2D eigenvalue weighted by Crippen LogP contribution is -2.15. The van der Waals surface area contributed by atoms with Crippen LogP contribution >= 0.6 is 0 Å². The molecule has 27 heavy (non-hydrogen) atoms. The fraction of sp³-hybridized carbons (Fsp3) is 0.130. The molecule has 1 aliphatic heterocycles. The van der Waals surface area contributed by atoms with Crippen molar-refractivity contribution in [3.8, 4) is 17.2 Å². The lowest BCUT2D eigenvalue weighted by molar-refractivity contribution is 0.414. The fourth-order valence-electron chi connectivity index (χ4n) is 3.58. The average Bonchev–Trinajstić information content (AvgIpc) is 3.03. The van der Waals surface area contributed by atoms with Crippen LogP contribution in [0.4, 0.5) is 17.3 Å². The highest BCUT2D eigenvalue weighted by Crippen LogP contribution is 2.55. The maximum atomic E-state index is 6.32. The lowest BCUT2D eigenvalue weighted by atomic mass is 10.1. The van der Waals surface area contributed by atoms with E-state index in [-0.39, 0.29) is 0 Å². The second-order valence-electron chi connectivity index (χ2n) is 6.82. The molecule has 5 rings (SSSR count). The molecule has 0 atom stereocenters. The zero-order valence-electron chi connectivity index (χ0n) is 15.4. The molecule has 0 saturated heterocycles. The predicted molar refractivity (Wildman–Crippen MR) is 107 cm³/mol. The fourth-order valence-corrected chi connectivity index (χ4v) is 3.58. The molecule has 4 nitrogen and oxygen atoms in total. The zero-order valence-corrected chi connectivity index (χ0v) is 15.4. The highest BCUT2D eigenvalue weighted by molar-refractivity contribution is 5.97. The van der Waals surface area contributed by atoms with Gasteiger partial charge in [0.1, 0.15) is 11.3 Å². The van der Waals surface area contributed by atoms with Gasteiger partial charge in [0.2, 0.25) is 5.88 Å². The van der Waals surface area contributed by atoms with Crippen molar-refractivity contribution in [2.75, 3.05) is 12.0 Å². The monoisotopic (exact) mass is 357 g/mol. The van der Waals surface area contributed by atoms with Gasteiger partial charge < -0.3 is 13.9 Å². The summed E-state index contributed by atoms with van der Waals surface area (Å²) in [6.45, 7) is 4.13. The van der Waals surface area contributed by atoms with Gasteiger partial charge in [-0.05, 0) is 55.8 Å². The van der Waals surface area contributed by atoms with E-state index in [1.807, 2.05) is 36.4 Å². The number of rotatable bonds is 2. The first-order chi connectivity index (χ1) is 13.2. The van der Waals surface area contributed by atoms with E-state index in [0.717, 1.165) is 50.7 Å². The van der Waals surface area contributed by atoms with Crippen molar-refractivity contribution in [2.24, 2.45) is 0 Å². The van der Waals surface area contributed by atoms with Crippen molar-refractivity contribution in [2.45, 2.75) is 13.8 Å². The Balaban J connectivity index is 1.84. The molecular formula is C23H19NO3. The highest BCUT2D eigenvalue weighted by atomic mass is 16.5. The van der Waals surface area contributed by atoms with Crippen molar-refractivity contribution < 1.29 is 13.9 Å². The maximum absolute atomic E-state index is 6.32. The molecule has 3 aromatic carbocycles. The maximum Gasteiger partial charge on any atom is 0.249 e. The van der Waals surface area contributed by atoms with E-state index in [9.17, 15) is 0 Å². The van der Waals surface area contributed by atoms with Gasteiger partial charge in [-0.1, -0.05) is 29.8 Å².